The molecule has 11 aromatic rings. The number of nitrogens with zero attached hydrogens (tertiary/aromatic N) is 21. The van der Waals surface area contributed by atoms with Crippen LogP contribution in [0.2, 0.25) is 0 Å². The van der Waals surface area contributed by atoms with E-state index in [-0.39, 0.29) is 0 Å². The average molecular weight is 1230 g/mol. The molecule has 28 nitrogen and oxygen atoms in total. The third-order valence-corrected chi connectivity index (χ3v) is 7.23. The first-order chi connectivity index (χ1) is 41.6. The Labute approximate surface area is 520 Å². The Morgan fingerprint density at radius 2 is 0.814 bits per heavy atom. The monoisotopic (exact) mass is 1230 g/mol. The largest absolute Gasteiger partial charge is 0.426 e. The topological polar surface area (TPSA) is 355 Å². The van der Waals surface area contributed by atoms with Crippen molar-refractivity contribution in [1.82, 2.24) is 136 Å². The van der Waals surface area contributed by atoms with Gasteiger partial charge in [-0.1, -0.05) is 125 Å². The van der Waals surface area contributed by atoms with E-state index < -0.39 is 0 Å². The van der Waals surface area contributed by atoms with Crippen molar-refractivity contribution < 1.29 is 4.42 Å². The summed E-state index contributed by atoms with van der Waals surface area (Å²) in [5.74, 6) is 3.81. The fourth-order valence-electron chi connectivity index (χ4n) is 3.42. The van der Waals surface area contributed by atoms with E-state index in [1.165, 1.54) is 30.9 Å². The lowest BCUT2D eigenvalue weighted by molar-refractivity contribution is 0.489. The molecule has 0 aromatic carbocycles. The van der Waals surface area contributed by atoms with E-state index in [0.717, 1.165) is 38.9 Å². The summed E-state index contributed by atoms with van der Waals surface area (Å²) in [6.07, 6.45) is 21.6. The van der Waals surface area contributed by atoms with Crippen molar-refractivity contribution in [3.63, 3.8) is 0 Å². The molecule has 0 spiro atoms. The zero-order chi connectivity index (χ0) is 68.2. The van der Waals surface area contributed by atoms with Crippen molar-refractivity contribution in [3.05, 3.63) is 156 Å². The van der Waals surface area contributed by atoms with Crippen LogP contribution in [0.25, 0.3) is 0 Å². The molecule has 0 bridgehead atoms. The summed E-state index contributed by atoms with van der Waals surface area (Å²) in [6, 6.07) is 5.72. The second-order valence-electron chi connectivity index (χ2n) is 13.0. The molecule has 11 rings (SSSR count). The fraction of sp³-hybridized carbons (Fsp3) is 0.544. The van der Waals surface area contributed by atoms with Crippen LogP contribution in [0.15, 0.2) is 104 Å². The third kappa shape index (κ3) is 79.5. The second kappa shape index (κ2) is 82.7. The van der Waals surface area contributed by atoms with Gasteiger partial charge in [0.15, 0.2) is 0 Å². The number of rotatable bonds is 0. The maximum Gasteiger partial charge on any atom is 0.213 e. The summed E-state index contributed by atoms with van der Waals surface area (Å²) in [5.41, 5.74) is 3.39. The number of hydrogen-bond donors (Lipinski definition) is 6. The Bertz CT molecular complexity index is 2060. The molecule has 0 amide bonds. The van der Waals surface area contributed by atoms with E-state index in [9.17, 15) is 0 Å². The van der Waals surface area contributed by atoms with E-state index in [1.54, 1.807) is 82.9 Å². The van der Waals surface area contributed by atoms with E-state index in [1.807, 2.05) is 232 Å². The molecule has 0 unspecified atom stereocenters. The van der Waals surface area contributed by atoms with Crippen LogP contribution in [-0.2, 0) is 21.1 Å². The van der Waals surface area contributed by atoms with Crippen LogP contribution >= 0.6 is 11.3 Å². The van der Waals surface area contributed by atoms with Crippen LogP contribution in [0, 0.1) is 69.2 Å². The zero-order valence-corrected chi connectivity index (χ0v) is 59.3. The Morgan fingerprint density at radius 1 is 0.419 bits per heavy atom. The molecule has 86 heavy (non-hydrogen) atoms. The molecule has 0 saturated heterocycles. The SMILES string of the molecule is CC.CC.CC.CC.CC.CC.CC.CC.CC.Cc1ccn[nH]1.Cc1ccn[nH]1.Cc1cn[nH]c1.Cc1ncn[nH]1.Cc1ncn[nH]1.Cc1ncn[nH]1.Cc1nnc(C)o1.Cc1nnc(C)s1.Cn1cccn1.Cn1cncn1.Cn1cnnc1. The number of aromatic amines is 6. The summed E-state index contributed by atoms with van der Waals surface area (Å²) >= 11 is 1.62. The van der Waals surface area contributed by atoms with Crippen molar-refractivity contribution >= 4 is 11.3 Å². The molecule has 0 aliphatic carbocycles. The maximum absolute atomic E-state index is 4.86. The summed E-state index contributed by atoms with van der Waals surface area (Å²) in [5, 5.41) is 69.4. The van der Waals surface area contributed by atoms with Crippen LogP contribution < -0.4 is 0 Å². The molecule has 0 fully saturated rings. The lowest BCUT2D eigenvalue weighted by Gasteiger charge is -1.77. The lowest BCUT2D eigenvalue weighted by atomic mass is 10.4. The van der Waals surface area contributed by atoms with Gasteiger partial charge in [-0.3, -0.25) is 40.0 Å². The molecule has 490 valence electrons. The van der Waals surface area contributed by atoms with Crippen molar-refractivity contribution in [2.24, 2.45) is 21.1 Å². The van der Waals surface area contributed by atoms with Gasteiger partial charge in [0.2, 0.25) is 11.8 Å². The van der Waals surface area contributed by atoms with Crippen molar-refractivity contribution in [2.75, 3.05) is 0 Å². The van der Waals surface area contributed by atoms with Gasteiger partial charge in [0.25, 0.3) is 0 Å². The first-order valence-corrected chi connectivity index (χ1v) is 29.8. The summed E-state index contributed by atoms with van der Waals surface area (Å²) in [6.45, 7) is 54.9. The van der Waals surface area contributed by atoms with Crippen LogP contribution in [-0.4, -0.2) is 136 Å². The molecular weight excluding hydrogens is 1110 g/mol. The van der Waals surface area contributed by atoms with E-state index in [0.29, 0.717) is 11.8 Å². The third-order valence-electron chi connectivity index (χ3n) is 6.48. The van der Waals surface area contributed by atoms with Crippen LogP contribution in [0.1, 0.15) is 181 Å². The predicted octanol–water partition coefficient (Wildman–Crippen LogP) is 13.6. The Kier molecular flexibility index (Phi) is 92.7. The number of H-pyrrole nitrogens is 6. The minimum Gasteiger partial charge on any atom is -0.426 e. The highest BCUT2D eigenvalue weighted by Gasteiger charge is 1.90. The van der Waals surface area contributed by atoms with Crippen molar-refractivity contribution in [2.45, 2.75) is 194 Å². The van der Waals surface area contributed by atoms with Gasteiger partial charge in [-0.2, -0.15) is 40.8 Å². The molecule has 29 heteroatoms. The number of aromatic nitrogens is 27. The second-order valence-corrected chi connectivity index (χ2v) is 14.4. The normalized spacial score (nSPS) is 7.71. The highest BCUT2D eigenvalue weighted by atomic mass is 32.1. The van der Waals surface area contributed by atoms with Gasteiger partial charge >= 0.3 is 0 Å². The quantitative estimate of drug-likeness (QED) is 0.0821. The lowest BCUT2D eigenvalue weighted by Crippen LogP contribution is -1.83. The summed E-state index contributed by atoms with van der Waals surface area (Å²) in [7, 11) is 5.59. The van der Waals surface area contributed by atoms with Gasteiger partial charge in [-0.25, -0.2) is 19.9 Å². The first-order valence-electron chi connectivity index (χ1n) is 29.0. The highest BCUT2D eigenvalue weighted by molar-refractivity contribution is 7.11. The standard InChI is InChI=1S/C4H6N2O.C4H6N2S.4C4H6N2.5C3H5N3.9C2H6/c2*1-3-5-6-4(2)7-3;1-4-2-5-6-3-4;1-6-4-2-3-5-6;2*1-4-2-3-5-6-4;1-6-2-4-5-3-6;1-6-3-4-2-5-6;3*1-3-4-2-5-6-3;9*1-2/h2*1-2H3;2-3H,1H3,(H,5,6);2-4H,1H3;2*2-3H,1H3,(H,5,6);2*2-3H,1H3;3*2H,1H3,(H,4,5,6);9*1-2H3. The summed E-state index contributed by atoms with van der Waals surface area (Å²) in [4.78, 5) is 14.9. The zero-order valence-electron chi connectivity index (χ0n) is 58.4. The van der Waals surface area contributed by atoms with Crippen molar-refractivity contribution in [3.8, 4) is 0 Å². The molecule has 0 atom stereocenters. The van der Waals surface area contributed by atoms with Crippen LogP contribution in [0.5, 0.6) is 0 Å². The smallest absolute Gasteiger partial charge is 0.213 e. The Morgan fingerprint density at radius 3 is 0.907 bits per heavy atom. The van der Waals surface area contributed by atoms with E-state index in [2.05, 4.69) is 122 Å². The molecule has 0 radical (unpaired) electrons. The van der Waals surface area contributed by atoms with Gasteiger partial charge in [0.05, 0.1) is 6.20 Å². The number of nitrogens with one attached hydrogen (secondary N) is 6. The number of hydrogen-bond acceptors (Lipinski definition) is 20. The minimum atomic E-state index is 0.623. The summed E-state index contributed by atoms with van der Waals surface area (Å²) < 4.78 is 10.0. The first kappa shape index (κ1) is 96.4. The molecule has 0 aliphatic heterocycles. The van der Waals surface area contributed by atoms with E-state index >= 15 is 0 Å². The van der Waals surface area contributed by atoms with Crippen LogP contribution in [0.4, 0.5) is 0 Å². The van der Waals surface area contributed by atoms with Gasteiger partial charge in [-0.05, 0) is 79.2 Å². The molecule has 0 saturated carbocycles. The van der Waals surface area contributed by atoms with Gasteiger partial charge in [0, 0.05) is 77.4 Å². The molecule has 6 N–H and O–H groups in total. The van der Waals surface area contributed by atoms with Crippen molar-refractivity contribution in [1.29, 1.82) is 0 Å². The maximum atomic E-state index is 4.86. The fourth-order valence-corrected chi connectivity index (χ4v) is 4.01. The van der Waals surface area contributed by atoms with Gasteiger partial charge in [0.1, 0.15) is 71.8 Å². The Balaban J connectivity index is -0.000000106. The van der Waals surface area contributed by atoms with E-state index in [4.69, 9.17) is 4.42 Å². The molecule has 11 aromatic heterocycles. The average Bonchev–Trinajstić information content (AvgIpc) is 4.36. The van der Waals surface area contributed by atoms with Crippen LogP contribution in [0.3, 0.4) is 0 Å². The highest BCUT2D eigenvalue weighted by Crippen LogP contribution is 2.04. The molecular formula is C57H115N27OS. The van der Waals surface area contributed by atoms with Gasteiger partial charge in [-0.15, -0.1) is 41.9 Å². The Hall–Kier alpha value is -8.76. The van der Waals surface area contributed by atoms with Gasteiger partial charge < -0.3 is 8.98 Å². The molecule has 0 aliphatic rings. The number of aryl methyl sites for hydroxylation is 13. The molecule has 11 heterocycles. The minimum absolute atomic E-state index is 0.623. The predicted molar refractivity (Wildman–Crippen MR) is 354 cm³/mol.